The fourth-order valence-corrected chi connectivity index (χ4v) is 1.94. The first-order valence-electron chi connectivity index (χ1n) is 6.70. The number of aliphatic hydroxyl groups is 2. The molecule has 0 spiro atoms. The summed E-state index contributed by atoms with van der Waals surface area (Å²) in [6.45, 7) is 5.93. The summed E-state index contributed by atoms with van der Waals surface area (Å²) in [4.78, 5) is 13.2. The second-order valence-corrected chi connectivity index (χ2v) is 6.02. The largest absolute Gasteiger partial charge is 0.444 e. The van der Waals surface area contributed by atoms with Gasteiger partial charge in [-0.1, -0.05) is 6.08 Å². The molecule has 0 fully saturated rings. The molecule has 0 saturated carbocycles. The first-order chi connectivity index (χ1) is 8.70. The third kappa shape index (κ3) is 5.20. The Labute approximate surface area is 114 Å². The summed E-state index contributed by atoms with van der Waals surface area (Å²) >= 11 is 0. The smallest absolute Gasteiger partial charge is 0.410 e. The van der Waals surface area contributed by atoms with Crippen LogP contribution in [0.3, 0.4) is 0 Å². The van der Waals surface area contributed by atoms with Crippen molar-refractivity contribution in [2.45, 2.75) is 57.8 Å². The maximum absolute atomic E-state index is 11.7. The highest BCUT2D eigenvalue weighted by molar-refractivity contribution is 5.67. The lowest BCUT2D eigenvalue weighted by Gasteiger charge is -2.28. The van der Waals surface area contributed by atoms with E-state index in [4.69, 9.17) is 4.74 Å². The van der Waals surface area contributed by atoms with Crippen molar-refractivity contribution in [3.05, 3.63) is 11.6 Å². The zero-order valence-corrected chi connectivity index (χ0v) is 12.2. The third-order valence-electron chi connectivity index (χ3n) is 3.05. The Morgan fingerprint density at radius 3 is 2.68 bits per heavy atom. The highest BCUT2D eigenvalue weighted by Crippen LogP contribution is 2.22. The third-order valence-corrected chi connectivity index (χ3v) is 3.05. The molecular weight excluding hydrogens is 246 g/mol. The van der Waals surface area contributed by atoms with Gasteiger partial charge in [0.25, 0.3) is 0 Å². The molecule has 0 aliphatic heterocycles. The van der Waals surface area contributed by atoms with Crippen molar-refractivity contribution in [2.24, 2.45) is 0 Å². The molecule has 110 valence electrons. The van der Waals surface area contributed by atoms with Crippen LogP contribution in [-0.4, -0.2) is 52.6 Å². The van der Waals surface area contributed by atoms with Gasteiger partial charge in [0, 0.05) is 13.6 Å². The molecule has 0 radical (unpaired) electrons. The quantitative estimate of drug-likeness (QED) is 0.766. The maximum Gasteiger partial charge on any atom is 0.410 e. The van der Waals surface area contributed by atoms with Gasteiger partial charge in [-0.05, 0) is 45.6 Å². The first kappa shape index (κ1) is 16.0. The Balaban J connectivity index is 2.44. The van der Waals surface area contributed by atoms with Crippen LogP contribution in [0.2, 0.25) is 0 Å². The molecule has 1 amide bonds. The standard InChI is InChI=1S/C14H25NO4/c1-14(2,3)19-13(18)15(4)9-8-10-6-5-7-11(16)12(10)17/h6,11-12,16-17H,5,7-9H2,1-4H3/t11-,12+/m0/s1. The Kier molecular flexibility index (Phi) is 5.38. The fourth-order valence-electron chi connectivity index (χ4n) is 1.94. The molecule has 0 aromatic heterocycles. The van der Waals surface area contributed by atoms with Crippen LogP contribution in [0.1, 0.15) is 40.0 Å². The normalized spacial score (nSPS) is 23.8. The molecule has 0 unspecified atom stereocenters. The van der Waals surface area contributed by atoms with E-state index >= 15 is 0 Å². The van der Waals surface area contributed by atoms with Gasteiger partial charge in [-0.3, -0.25) is 0 Å². The summed E-state index contributed by atoms with van der Waals surface area (Å²) in [7, 11) is 1.67. The van der Waals surface area contributed by atoms with E-state index in [1.807, 2.05) is 26.8 Å². The number of carbonyl (C=O) groups is 1. The second-order valence-electron chi connectivity index (χ2n) is 6.02. The molecule has 0 heterocycles. The van der Waals surface area contributed by atoms with Gasteiger partial charge in [0.05, 0.1) is 6.10 Å². The molecule has 0 bridgehead atoms. The highest BCUT2D eigenvalue weighted by atomic mass is 16.6. The topological polar surface area (TPSA) is 70.0 Å². The van der Waals surface area contributed by atoms with Crippen LogP contribution >= 0.6 is 0 Å². The molecule has 5 heteroatoms. The van der Waals surface area contributed by atoms with Crippen LogP contribution < -0.4 is 0 Å². The predicted octanol–water partition coefficient (Wildman–Crippen LogP) is 1.69. The second kappa shape index (κ2) is 6.39. The average Bonchev–Trinajstić information content (AvgIpc) is 2.28. The van der Waals surface area contributed by atoms with Gasteiger partial charge >= 0.3 is 6.09 Å². The van der Waals surface area contributed by atoms with Gasteiger partial charge in [0.15, 0.2) is 0 Å². The molecule has 1 aliphatic rings. The van der Waals surface area contributed by atoms with E-state index in [1.165, 1.54) is 4.90 Å². The van der Waals surface area contributed by atoms with Gasteiger partial charge < -0.3 is 19.8 Å². The maximum atomic E-state index is 11.7. The van der Waals surface area contributed by atoms with Crippen LogP contribution in [0.4, 0.5) is 4.79 Å². The minimum absolute atomic E-state index is 0.376. The number of rotatable bonds is 3. The lowest BCUT2D eigenvalue weighted by Crippen LogP contribution is -2.36. The van der Waals surface area contributed by atoms with Gasteiger partial charge in [-0.15, -0.1) is 0 Å². The summed E-state index contributed by atoms with van der Waals surface area (Å²) in [5.41, 5.74) is 0.291. The molecule has 2 atom stereocenters. The predicted molar refractivity (Wildman–Crippen MR) is 72.8 cm³/mol. The summed E-state index contributed by atoms with van der Waals surface area (Å²) in [5.74, 6) is 0. The van der Waals surface area contributed by atoms with Crippen molar-refractivity contribution in [2.75, 3.05) is 13.6 Å². The Morgan fingerprint density at radius 1 is 1.47 bits per heavy atom. The van der Waals surface area contributed by atoms with Crippen LogP contribution in [0.15, 0.2) is 11.6 Å². The van der Waals surface area contributed by atoms with Crippen LogP contribution in [-0.2, 0) is 4.74 Å². The fraction of sp³-hybridized carbons (Fsp3) is 0.786. The number of hydrogen-bond acceptors (Lipinski definition) is 4. The number of aliphatic hydroxyl groups excluding tert-OH is 2. The number of nitrogens with zero attached hydrogens (tertiary/aromatic N) is 1. The van der Waals surface area contributed by atoms with Gasteiger partial charge in [-0.25, -0.2) is 4.79 Å². The van der Waals surface area contributed by atoms with Crippen molar-refractivity contribution in [3.8, 4) is 0 Å². The van der Waals surface area contributed by atoms with Crippen LogP contribution in [0.5, 0.6) is 0 Å². The molecule has 0 aromatic carbocycles. The molecule has 1 rings (SSSR count). The summed E-state index contributed by atoms with van der Waals surface area (Å²) in [5, 5.41) is 19.4. The van der Waals surface area contributed by atoms with E-state index in [9.17, 15) is 15.0 Å². The SMILES string of the molecule is CN(CCC1=CCC[C@H](O)[C@@H]1O)C(=O)OC(C)(C)C. The minimum atomic E-state index is -0.805. The Bertz CT molecular complexity index is 346. The monoisotopic (exact) mass is 271 g/mol. The number of allylic oxidation sites excluding steroid dienone is 1. The molecule has 2 N–H and O–H groups in total. The Hall–Kier alpha value is -1.07. The van der Waals surface area contributed by atoms with Crippen molar-refractivity contribution in [3.63, 3.8) is 0 Å². The van der Waals surface area contributed by atoms with E-state index < -0.39 is 17.8 Å². The lowest BCUT2D eigenvalue weighted by molar-refractivity contribution is 0.0236. The van der Waals surface area contributed by atoms with E-state index in [1.54, 1.807) is 7.05 Å². The molecule has 1 aliphatic carbocycles. The van der Waals surface area contributed by atoms with Crippen molar-refractivity contribution in [1.29, 1.82) is 0 Å². The van der Waals surface area contributed by atoms with Crippen molar-refractivity contribution in [1.82, 2.24) is 4.90 Å². The zero-order chi connectivity index (χ0) is 14.6. The minimum Gasteiger partial charge on any atom is -0.444 e. The van der Waals surface area contributed by atoms with Gasteiger partial charge in [0.1, 0.15) is 11.7 Å². The average molecular weight is 271 g/mol. The van der Waals surface area contributed by atoms with Crippen molar-refractivity contribution < 1.29 is 19.7 Å². The number of amides is 1. The number of ether oxygens (including phenoxy) is 1. The van der Waals surface area contributed by atoms with Crippen LogP contribution in [0.25, 0.3) is 0 Å². The van der Waals surface area contributed by atoms with E-state index in [0.29, 0.717) is 19.4 Å². The number of carbonyl (C=O) groups excluding carboxylic acids is 1. The molecule has 0 saturated heterocycles. The van der Waals surface area contributed by atoms with E-state index in [2.05, 4.69) is 0 Å². The number of hydrogen-bond donors (Lipinski definition) is 2. The van der Waals surface area contributed by atoms with E-state index in [-0.39, 0.29) is 6.09 Å². The Morgan fingerprint density at radius 2 is 2.11 bits per heavy atom. The molecule has 0 aromatic rings. The molecular formula is C14H25NO4. The lowest BCUT2D eigenvalue weighted by atomic mass is 9.92. The summed E-state index contributed by atoms with van der Waals surface area (Å²) in [6, 6.07) is 0. The molecule has 5 nitrogen and oxygen atoms in total. The molecule has 19 heavy (non-hydrogen) atoms. The zero-order valence-electron chi connectivity index (χ0n) is 12.2. The van der Waals surface area contributed by atoms with Crippen molar-refractivity contribution >= 4 is 6.09 Å². The first-order valence-corrected chi connectivity index (χ1v) is 6.70. The van der Waals surface area contributed by atoms with Gasteiger partial charge in [0.2, 0.25) is 0 Å². The summed E-state index contributed by atoms with van der Waals surface area (Å²) < 4.78 is 5.24. The van der Waals surface area contributed by atoms with E-state index in [0.717, 1.165) is 12.0 Å². The highest BCUT2D eigenvalue weighted by Gasteiger charge is 2.25. The van der Waals surface area contributed by atoms with Gasteiger partial charge in [-0.2, -0.15) is 0 Å². The summed E-state index contributed by atoms with van der Waals surface area (Å²) in [6.07, 6.45) is 1.98. The van der Waals surface area contributed by atoms with Crippen LogP contribution in [0, 0.1) is 0 Å².